The number of hydrogen-bond donors (Lipinski definition) is 2. The Balaban J connectivity index is 1.48. The van der Waals surface area contributed by atoms with Gasteiger partial charge < -0.3 is 15.0 Å². The molecule has 1 amide bonds. The molecule has 0 unspecified atom stereocenters. The number of carbonyl (C=O) groups excluding carboxylic acids is 1. The van der Waals surface area contributed by atoms with Gasteiger partial charge in [0.2, 0.25) is 10.0 Å². The normalized spacial score (nSPS) is 22.0. The fourth-order valence-corrected chi connectivity index (χ4v) is 7.44. The zero-order valence-corrected chi connectivity index (χ0v) is 23.2. The summed E-state index contributed by atoms with van der Waals surface area (Å²) in [4.78, 5) is 17.4. The molecule has 14 heteroatoms. The summed E-state index contributed by atoms with van der Waals surface area (Å²) < 4.78 is 82.2. The second kappa shape index (κ2) is 11.9. The van der Waals surface area contributed by atoms with E-state index in [1.54, 1.807) is 0 Å². The van der Waals surface area contributed by atoms with Crippen molar-refractivity contribution in [2.24, 2.45) is 10.9 Å². The average Bonchev–Trinajstić information content (AvgIpc) is 3.22. The topological polar surface area (TPSA) is 125 Å². The van der Waals surface area contributed by atoms with Gasteiger partial charge in [-0.3, -0.25) is 9.79 Å². The van der Waals surface area contributed by atoms with E-state index in [4.69, 9.17) is 10.1 Å². The minimum absolute atomic E-state index is 0.000154. The highest BCUT2D eigenvalue weighted by atomic mass is 32.2. The Morgan fingerprint density at radius 3 is 2.54 bits per heavy atom. The molecular weight excluding hydrogens is 557 g/mol. The smallest absolute Gasteiger partial charge is 0.417 e. The lowest BCUT2D eigenvalue weighted by atomic mass is 9.88. The van der Waals surface area contributed by atoms with Gasteiger partial charge in [-0.25, -0.2) is 8.42 Å². The number of nitrogens with one attached hydrogen (secondary N) is 1. The molecule has 4 rings (SSSR count). The number of halogens is 3. The zero-order chi connectivity index (χ0) is 28.4. The maximum Gasteiger partial charge on any atom is 0.417 e. The molecule has 1 saturated carbocycles. The van der Waals surface area contributed by atoms with Crippen LogP contribution in [0.1, 0.15) is 56.1 Å². The standard InChI is InChI=1S/C25H33F3N4O5S2/c1-31(14-15-33)38(35)20-8-7-18(21(17-20)25(26,27)28)9-16-39(36,37)32-12-10-24(11-13-32)23(34)29-22(30-24)19-5-3-2-4-6-19/h7-9,16-17,19,33H,2-6,10-15H2,1H3,(H,29,30,34)/b16-9+/t38-/m1/s1. The van der Waals surface area contributed by atoms with Crippen LogP contribution in [0.25, 0.3) is 6.08 Å². The summed E-state index contributed by atoms with van der Waals surface area (Å²) in [6, 6.07) is 3.03. The maximum atomic E-state index is 13.8. The fraction of sp³-hybridized carbons (Fsp3) is 0.600. The van der Waals surface area contributed by atoms with Crippen molar-refractivity contribution in [2.45, 2.75) is 61.6 Å². The molecule has 1 aliphatic carbocycles. The van der Waals surface area contributed by atoms with E-state index in [9.17, 15) is 30.9 Å². The Morgan fingerprint density at radius 1 is 1.26 bits per heavy atom. The molecule has 0 radical (unpaired) electrons. The number of likely N-dealkylation sites (N-methyl/N-ethyl adjacent to an activating group) is 1. The van der Waals surface area contributed by atoms with Gasteiger partial charge in [0.15, 0.2) is 4.90 Å². The molecule has 0 aromatic heterocycles. The second-order valence-corrected chi connectivity index (χ2v) is 13.5. The summed E-state index contributed by atoms with van der Waals surface area (Å²) in [5.74, 6) is 0.698. The van der Waals surface area contributed by atoms with Crippen LogP contribution in [-0.2, 0) is 32.4 Å². The van der Waals surface area contributed by atoms with Gasteiger partial charge in [-0.1, -0.05) is 19.3 Å². The van der Waals surface area contributed by atoms with Crippen molar-refractivity contribution in [3.05, 3.63) is 34.7 Å². The average molecular weight is 591 g/mol. The van der Waals surface area contributed by atoms with Gasteiger partial charge in [0.1, 0.15) is 11.4 Å². The van der Waals surface area contributed by atoms with Crippen molar-refractivity contribution in [3.63, 3.8) is 0 Å². The molecule has 2 aliphatic heterocycles. The first-order valence-electron chi connectivity index (χ1n) is 12.9. The number of alkyl halides is 3. The quantitative estimate of drug-likeness (QED) is 0.449. The van der Waals surface area contributed by atoms with Crippen LogP contribution in [0.2, 0.25) is 0 Å². The molecule has 1 aromatic carbocycles. The number of aliphatic hydroxyl groups is 1. The predicted molar refractivity (Wildman–Crippen MR) is 141 cm³/mol. The maximum absolute atomic E-state index is 13.8. The highest BCUT2D eigenvalue weighted by Crippen LogP contribution is 2.37. The molecular formula is C25H33F3N4O5S2. The van der Waals surface area contributed by atoms with E-state index in [2.05, 4.69) is 5.32 Å². The van der Waals surface area contributed by atoms with Gasteiger partial charge in [-0.2, -0.15) is 17.5 Å². The van der Waals surface area contributed by atoms with E-state index in [1.807, 2.05) is 0 Å². The molecule has 2 heterocycles. The van der Waals surface area contributed by atoms with E-state index < -0.39 is 38.7 Å². The van der Waals surface area contributed by atoms with Crippen molar-refractivity contribution in [3.8, 4) is 0 Å². The van der Waals surface area contributed by atoms with E-state index in [1.165, 1.54) is 23.8 Å². The molecule has 1 spiro atoms. The minimum Gasteiger partial charge on any atom is -0.593 e. The van der Waals surface area contributed by atoms with E-state index in [0.717, 1.165) is 53.6 Å². The first-order valence-corrected chi connectivity index (χ1v) is 15.5. The first kappa shape index (κ1) is 30.0. The van der Waals surface area contributed by atoms with Gasteiger partial charge in [0, 0.05) is 37.5 Å². The molecule has 2 N–H and O–H groups in total. The van der Waals surface area contributed by atoms with E-state index in [-0.39, 0.29) is 61.4 Å². The van der Waals surface area contributed by atoms with Crippen LogP contribution in [0, 0.1) is 5.92 Å². The summed E-state index contributed by atoms with van der Waals surface area (Å²) in [6.07, 6.45) is 1.72. The molecule has 1 aromatic rings. The van der Waals surface area contributed by atoms with Gasteiger partial charge in [0.05, 0.1) is 30.1 Å². The van der Waals surface area contributed by atoms with Crippen LogP contribution in [0.5, 0.6) is 0 Å². The largest absolute Gasteiger partial charge is 0.593 e. The summed E-state index contributed by atoms with van der Waals surface area (Å²) in [7, 11) is -2.68. The van der Waals surface area contributed by atoms with Crippen LogP contribution in [-0.4, -0.2) is 77.3 Å². The number of piperidine rings is 1. The van der Waals surface area contributed by atoms with E-state index >= 15 is 0 Å². The van der Waals surface area contributed by atoms with Gasteiger partial charge in [-0.05, 0) is 49.5 Å². The SMILES string of the molecule is CN(CCO)[S@+]([O-])c1ccc(/C=C/S(=O)(=O)N2CCC3(CC2)N=C(C2CCCCC2)NC3=O)c(C(F)(F)F)c1. The highest BCUT2D eigenvalue weighted by molar-refractivity contribution is 7.92. The monoisotopic (exact) mass is 590 g/mol. The number of rotatable bonds is 8. The van der Waals surface area contributed by atoms with Crippen LogP contribution >= 0.6 is 0 Å². The number of hydrogen-bond acceptors (Lipinski definition) is 7. The predicted octanol–water partition coefficient (Wildman–Crippen LogP) is 2.90. The van der Waals surface area contributed by atoms with Crippen LogP contribution < -0.4 is 5.32 Å². The van der Waals surface area contributed by atoms with Crippen LogP contribution in [0.15, 0.2) is 33.5 Å². The van der Waals surface area contributed by atoms with Crippen LogP contribution in [0.4, 0.5) is 13.2 Å². The summed E-state index contributed by atoms with van der Waals surface area (Å²) >= 11 is -1.94. The van der Waals surface area contributed by atoms with Crippen molar-refractivity contribution in [1.29, 1.82) is 0 Å². The number of benzene rings is 1. The van der Waals surface area contributed by atoms with E-state index in [0.29, 0.717) is 5.84 Å². The number of aliphatic imine (C=N–C) groups is 1. The highest BCUT2D eigenvalue weighted by Gasteiger charge is 2.48. The molecule has 3 aliphatic rings. The van der Waals surface area contributed by atoms with Crippen molar-refractivity contribution >= 4 is 39.2 Å². The first-order chi connectivity index (χ1) is 18.4. The van der Waals surface area contributed by atoms with Crippen molar-refractivity contribution in [1.82, 2.24) is 13.9 Å². The minimum atomic E-state index is -4.82. The zero-order valence-electron chi connectivity index (χ0n) is 21.6. The molecule has 216 valence electrons. The summed E-state index contributed by atoms with van der Waals surface area (Å²) in [6.45, 7) is -0.283. The van der Waals surface area contributed by atoms with Crippen molar-refractivity contribution in [2.75, 3.05) is 33.3 Å². The van der Waals surface area contributed by atoms with Crippen LogP contribution in [0.3, 0.4) is 0 Å². The number of amides is 1. The lowest BCUT2D eigenvalue weighted by molar-refractivity contribution is -0.137. The number of aliphatic hydroxyl groups excluding tert-OH is 1. The lowest BCUT2D eigenvalue weighted by Gasteiger charge is -2.34. The third-order valence-electron chi connectivity index (χ3n) is 7.55. The fourth-order valence-electron chi connectivity index (χ4n) is 5.24. The lowest BCUT2D eigenvalue weighted by Crippen LogP contribution is -2.50. The second-order valence-electron chi connectivity index (χ2n) is 10.1. The Hall–Kier alpha value is -1.97. The molecule has 1 saturated heterocycles. The summed E-state index contributed by atoms with van der Waals surface area (Å²) in [5.41, 5.74) is -2.51. The molecule has 2 fully saturated rings. The van der Waals surface area contributed by atoms with Crippen molar-refractivity contribution < 1.29 is 36.0 Å². The molecule has 9 nitrogen and oxygen atoms in total. The third kappa shape index (κ3) is 6.68. The number of carbonyl (C=O) groups is 1. The number of sulfonamides is 1. The van der Waals surface area contributed by atoms with Gasteiger partial charge >= 0.3 is 6.18 Å². The Labute approximate surface area is 229 Å². The number of amidine groups is 1. The van der Waals surface area contributed by atoms with Gasteiger partial charge in [-0.15, -0.1) is 4.31 Å². The summed E-state index contributed by atoms with van der Waals surface area (Å²) in [5, 5.41) is 12.6. The Morgan fingerprint density at radius 2 is 1.92 bits per heavy atom. The third-order valence-corrected chi connectivity index (χ3v) is 10.5. The number of nitrogens with zero attached hydrogens (tertiary/aromatic N) is 3. The van der Waals surface area contributed by atoms with Gasteiger partial charge in [0.25, 0.3) is 5.91 Å². The molecule has 39 heavy (non-hydrogen) atoms. The Bertz CT molecular complexity index is 1220. The molecule has 0 bridgehead atoms. The Kier molecular flexibility index (Phi) is 9.13. The molecule has 1 atom stereocenters.